The van der Waals surface area contributed by atoms with E-state index < -0.39 is 0 Å². The summed E-state index contributed by atoms with van der Waals surface area (Å²) >= 11 is 1.84. The average molecular weight is 578 g/mol. The summed E-state index contributed by atoms with van der Waals surface area (Å²) in [6.45, 7) is 0. The van der Waals surface area contributed by atoms with E-state index in [4.69, 9.17) is 0 Å². The van der Waals surface area contributed by atoms with E-state index in [1.165, 1.54) is 81.4 Å². The highest BCUT2D eigenvalue weighted by molar-refractivity contribution is 7.99. The molecule has 8 aromatic carbocycles. The van der Waals surface area contributed by atoms with Gasteiger partial charge in [0.1, 0.15) is 0 Å². The molecule has 0 spiro atoms. The summed E-state index contributed by atoms with van der Waals surface area (Å²) < 4.78 is 0. The van der Waals surface area contributed by atoms with Crippen LogP contribution in [0.4, 0.5) is 17.1 Å². The smallest absolute Gasteiger partial charge is 0.0601 e. The van der Waals surface area contributed by atoms with Gasteiger partial charge in [0, 0.05) is 15.5 Å². The number of para-hydroxylation sites is 2. The van der Waals surface area contributed by atoms with Crippen molar-refractivity contribution in [3.63, 3.8) is 0 Å². The first-order valence-electron chi connectivity index (χ1n) is 15.0. The Balaban J connectivity index is 1.11. The molecule has 0 fully saturated rings. The second-order valence-electron chi connectivity index (χ2n) is 11.4. The van der Waals surface area contributed by atoms with E-state index in [0.29, 0.717) is 0 Å². The van der Waals surface area contributed by atoms with Gasteiger partial charge in [-0.25, -0.2) is 0 Å². The van der Waals surface area contributed by atoms with Crippen molar-refractivity contribution in [1.29, 1.82) is 0 Å². The number of anilines is 3. The lowest BCUT2D eigenvalue weighted by molar-refractivity contribution is 1.17. The fourth-order valence-corrected chi connectivity index (χ4v) is 7.81. The lowest BCUT2D eigenvalue weighted by Crippen LogP contribution is -2.14. The van der Waals surface area contributed by atoms with Crippen molar-refractivity contribution in [3.05, 3.63) is 164 Å². The predicted molar refractivity (Wildman–Crippen MR) is 189 cm³/mol. The Morgan fingerprint density at radius 3 is 1.36 bits per heavy atom. The highest BCUT2D eigenvalue weighted by Gasteiger charge is 2.24. The van der Waals surface area contributed by atoms with Crippen LogP contribution >= 0.6 is 11.8 Å². The Hall–Kier alpha value is -5.31. The minimum absolute atomic E-state index is 1.17. The van der Waals surface area contributed by atoms with Crippen molar-refractivity contribution in [1.82, 2.24) is 0 Å². The zero-order chi connectivity index (χ0) is 29.0. The van der Waals surface area contributed by atoms with Crippen molar-refractivity contribution in [2.45, 2.75) is 9.79 Å². The van der Waals surface area contributed by atoms with E-state index in [1.807, 2.05) is 11.8 Å². The number of fused-ring (bicyclic) bond motifs is 8. The van der Waals surface area contributed by atoms with Crippen molar-refractivity contribution in [2.24, 2.45) is 0 Å². The van der Waals surface area contributed by atoms with Crippen molar-refractivity contribution in [2.75, 3.05) is 4.90 Å². The van der Waals surface area contributed by atoms with Gasteiger partial charge < -0.3 is 4.90 Å². The molecule has 0 saturated heterocycles. The molecule has 0 unspecified atom stereocenters. The molecular weight excluding hydrogens is 551 g/mol. The largest absolute Gasteiger partial charge is 0.308 e. The molecule has 2 heteroatoms. The van der Waals surface area contributed by atoms with Gasteiger partial charge in [0.15, 0.2) is 0 Å². The fraction of sp³-hybridized carbons (Fsp3) is 0. The summed E-state index contributed by atoms with van der Waals surface area (Å²) in [7, 11) is 0. The molecule has 1 heterocycles. The normalized spacial score (nSPS) is 12.4. The predicted octanol–water partition coefficient (Wildman–Crippen LogP) is 12.4. The van der Waals surface area contributed by atoms with Gasteiger partial charge in [-0.2, -0.15) is 0 Å². The standard InChI is InChI=1S/C42H27NS/c1-2-14-35-33(12-1)34-13-3-4-15-36(34)38-27-31(24-25-37(35)38)29-22-20-28(21-23-29)30-10-9-11-32(26-30)43-39-16-5-7-18-41(39)44-42-19-8-6-17-40(42)43/h1-27H. The Morgan fingerprint density at radius 1 is 0.318 bits per heavy atom. The van der Waals surface area contributed by atoms with Gasteiger partial charge in [0.25, 0.3) is 0 Å². The minimum atomic E-state index is 1.17. The number of benzene rings is 8. The molecule has 0 radical (unpaired) electrons. The van der Waals surface area contributed by atoms with E-state index in [9.17, 15) is 0 Å². The molecule has 0 aromatic heterocycles. The third-order valence-corrected chi connectivity index (χ3v) is 9.96. The van der Waals surface area contributed by atoms with E-state index >= 15 is 0 Å². The van der Waals surface area contributed by atoms with Crippen molar-refractivity contribution in [3.8, 4) is 22.3 Å². The Bertz CT molecular complexity index is 2290. The van der Waals surface area contributed by atoms with E-state index in [1.54, 1.807) is 0 Å². The fourth-order valence-electron chi connectivity index (χ4n) is 6.75. The third-order valence-electron chi connectivity index (χ3n) is 8.83. The first-order valence-corrected chi connectivity index (χ1v) is 15.8. The summed E-state index contributed by atoms with van der Waals surface area (Å²) in [4.78, 5) is 4.94. The summed E-state index contributed by atoms with van der Waals surface area (Å²) in [5, 5.41) is 7.83. The average Bonchev–Trinajstić information content (AvgIpc) is 3.10. The van der Waals surface area contributed by atoms with Crippen LogP contribution in [0.1, 0.15) is 0 Å². The molecule has 1 nitrogen and oxygen atoms in total. The van der Waals surface area contributed by atoms with Crippen LogP contribution in [-0.4, -0.2) is 0 Å². The van der Waals surface area contributed by atoms with E-state index in [-0.39, 0.29) is 0 Å². The van der Waals surface area contributed by atoms with Gasteiger partial charge in [-0.1, -0.05) is 133 Å². The van der Waals surface area contributed by atoms with Crippen LogP contribution in [0.25, 0.3) is 54.6 Å². The zero-order valence-electron chi connectivity index (χ0n) is 23.9. The minimum Gasteiger partial charge on any atom is -0.308 e. The molecule has 0 bridgehead atoms. The maximum Gasteiger partial charge on any atom is 0.0601 e. The lowest BCUT2D eigenvalue weighted by atomic mass is 9.92. The van der Waals surface area contributed by atoms with Crippen LogP contribution < -0.4 is 4.90 Å². The maximum atomic E-state index is 2.39. The summed E-state index contributed by atoms with van der Waals surface area (Å²) in [5.41, 5.74) is 8.48. The molecule has 1 aliphatic rings. The first-order chi connectivity index (χ1) is 21.8. The van der Waals surface area contributed by atoms with Crippen LogP contribution in [0.5, 0.6) is 0 Å². The van der Waals surface area contributed by atoms with Gasteiger partial charge in [-0.15, -0.1) is 0 Å². The molecule has 0 amide bonds. The summed E-state index contributed by atoms with van der Waals surface area (Å²) in [6.07, 6.45) is 0. The van der Waals surface area contributed by atoms with E-state index in [0.717, 1.165) is 0 Å². The molecule has 1 aliphatic heterocycles. The van der Waals surface area contributed by atoms with Crippen LogP contribution in [0.15, 0.2) is 174 Å². The first kappa shape index (κ1) is 25.2. The molecule has 9 rings (SSSR count). The lowest BCUT2D eigenvalue weighted by Gasteiger charge is -2.33. The molecule has 0 N–H and O–H groups in total. The van der Waals surface area contributed by atoms with Crippen molar-refractivity contribution >= 4 is 61.1 Å². The van der Waals surface area contributed by atoms with Gasteiger partial charge in [-0.05, 0) is 97.0 Å². The molecule has 0 aliphatic carbocycles. The topological polar surface area (TPSA) is 3.24 Å². The molecule has 44 heavy (non-hydrogen) atoms. The molecule has 0 saturated carbocycles. The molecule has 8 aromatic rings. The van der Waals surface area contributed by atoms with Gasteiger partial charge in [0.2, 0.25) is 0 Å². The number of rotatable bonds is 3. The number of nitrogens with zero attached hydrogens (tertiary/aromatic N) is 1. The van der Waals surface area contributed by atoms with Gasteiger partial charge in [0.05, 0.1) is 11.4 Å². The van der Waals surface area contributed by atoms with Crippen LogP contribution in [-0.2, 0) is 0 Å². The van der Waals surface area contributed by atoms with Gasteiger partial charge >= 0.3 is 0 Å². The zero-order valence-corrected chi connectivity index (χ0v) is 24.8. The SMILES string of the molecule is c1cc(-c2ccc(-c3ccc4c5ccccc5c5ccccc5c4c3)cc2)cc(N2c3ccccc3Sc3ccccc32)c1. The Labute approximate surface area is 261 Å². The monoisotopic (exact) mass is 577 g/mol. The third kappa shape index (κ3) is 4.03. The quantitative estimate of drug-likeness (QED) is 0.192. The summed E-state index contributed by atoms with van der Waals surface area (Å²) in [6, 6.07) is 59.7. The maximum absolute atomic E-state index is 2.39. The Morgan fingerprint density at radius 2 is 0.773 bits per heavy atom. The van der Waals surface area contributed by atoms with Gasteiger partial charge in [-0.3, -0.25) is 0 Å². The number of hydrogen-bond acceptors (Lipinski definition) is 2. The van der Waals surface area contributed by atoms with E-state index in [2.05, 4.69) is 169 Å². The van der Waals surface area contributed by atoms with Crippen LogP contribution in [0.2, 0.25) is 0 Å². The molecular formula is C42H27NS. The number of hydrogen-bond donors (Lipinski definition) is 0. The van der Waals surface area contributed by atoms with Crippen LogP contribution in [0.3, 0.4) is 0 Å². The molecule has 206 valence electrons. The Kier molecular flexibility index (Phi) is 5.82. The highest BCUT2D eigenvalue weighted by Crippen LogP contribution is 2.51. The van der Waals surface area contributed by atoms with Crippen LogP contribution in [0, 0.1) is 0 Å². The second-order valence-corrected chi connectivity index (χ2v) is 12.4. The molecule has 0 atom stereocenters. The second kappa shape index (κ2) is 10.2. The van der Waals surface area contributed by atoms with Crippen molar-refractivity contribution < 1.29 is 0 Å². The summed E-state index contributed by atoms with van der Waals surface area (Å²) in [5.74, 6) is 0. The highest BCUT2D eigenvalue weighted by atomic mass is 32.2.